The van der Waals surface area contributed by atoms with Crippen LogP contribution in [-0.2, 0) is 11.2 Å². The van der Waals surface area contributed by atoms with E-state index >= 15 is 0 Å². The van der Waals surface area contributed by atoms with Gasteiger partial charge in [0.1, 0.15) is 5.75 Å². The molecule has 1 aromatic heterocycles. The maximum atomic E-state index is 13.3. The van der Waals surface area contributed by atoms with E-state index < -0.39 is 0 Å². The summed E-state index contributed by atoms with van der Waals surface area (Å²) in [6, 6.07) is 14.2. The molecule has 3 heterocycles. The van der Waals surface area contributed by atoms with Crippen LogP contribution in [-0.4, -0.2) is 60.0 Å². The second kappa shape index (κ2) is 10.8. The minimum atomic E-state index is 0.133. The molecule has 0 spiro atoms. The summed E-state index contributed by atoms with van der Waals surface area (Å²) in [5.41, 5.74) is 2.29. The Morgan fingerprint density at radius 3 is 2.74 bits per heavy atom. The lowest BCUT2D eigenvalue weighted by atomic mass is 9.93. The van der Waals surface area contributed by atoms with Crippen LogP contribution in [0.3, 0.4) is 0 Å². The number of nitrogens with zero attached hydrogens (tertiary/aromatic N) is 3. The molecule has 4 rings (SSSR count). The second-order valence-electron chi connectivity index (χ2n) is 9.08. The fourth-order valence-electron chi connectivity index (χ4n) is 4.86. The van der Waals surface area contributed by atoms with Gasteiger partial charge in [0, 0.05) is 50.4 Å². The number of carbonyl (C=O) groups excluding carboxylic acids is 1. The van der Waals surface area contributed by atoms with Crippen LogP contribution in [0.4, 0.5) is 0 Å². The lowest BCUT2D eigenvalue weighted by molar-refractivity contribution is -0.139. The maximum absolute atomic E-state index is 13.3. The van der Waals surface area contributed by atoms with E-state index in [2.05, 4.69) is 33.8 Å². The number of amides is 1. The predicted molar refractivity (Wildman–Crippen MR) is 123 cm³/mol. The lowest BCUT2D eigenvalue weighted by Gasteiger charge is -2.38. The largest absolute Gasteiger partial charge is 0.493 e. The number of likely N-dealkylation sites (tertiary alicyclic amines) is 2. The van der Waals surface area contributed by atoms with Crippen molar-refractivity contribution in [3.63, 3.8) is 0 Å². The maximum Gasteiger partial charge on any atom is 0.226 e. The fraction of sp³-hybridized carbons (Fsp3) is 0.538. The summed E-state index contributed by atoms with van der Waals surface area (Å²) >= 11 is 0. The van der Waals surface area contributed by atoms with E-state index in [0.29, 0.717) is 18.4 Å². The highest BCUT2D eigenvalue weighted by atomic mass is 16.5. The molecule has 5 heteroatoms. The van der Waals surface area contributed by atoms with E-state index in [0.717, 1.165) is 76.3 Å². The molecule has 2 atom stereocenters. The normalized spacial score (nSPS) is 22.3. The number of ether oxygens (including phenoxy) is 1. The van der Waals surface area contributed by atoms with Crippen LogP contribution in [0.1, 0.15) is 36.9 Å². The molecule has 0 bridgehead atoms. The molecule has 31 heavy (non-hydrogen) atoms. The highest BCUT2D eigenvalue weighted by molar-refractivity contribution is 5.79. The molecule has 1 aromatic carbocycles. The van der Waals surface area contributed by atoms with Gasteiger partial charge in [0.15, 0.2) is 0 Å². The van der Waals surface area contributed by atoms with E-state index in [9.17, 15) is 4.79 Å². The Kier molecular flexibility index (Phi) is 7.57. The molecule has 2 aliphatic rings. The third kappa shape index (κ3) is 6.07. The van der Waals surface area contributed by atoms with Gasteiger partial charge in [0.05, 0.1) is 12.5 Å². The van der Waals surface area contributed by atoms with Gasteiger partial charge in [-0.15, -0.1) is 0 Å². The molecule has 166 valence electrons. The van der Waals surface area contributed by atoms with Crippen molar-refractivity contribution < 1.29 is 9.53 Å². The second-order valence-corrected chi connectivity index (χ2v) is 9.08. The Hall–Kier alpha value is -2.40. The molecule has 2 unspecified atom stereocenters. The molecule has 0 saturated carbocycles. The number of aryl methyl sites for hydroxylation is 1. The van der Waals surface area contributed by atoms with Crippen molar-refractivity contribution in [2.24, 2.45) is 11.8 Å². The topological polar surface area (TPSA) is 45.7 Å². The van der Waals surface area contributed by atoms with Gasteiger partial charge in [0.2, 0.25) is 5.91 Å². The predicted octanol–water partition coefficient (Wildman–Crippen LogP) is 3.96. The molecule has 0 radical (unpaired) electrons. The van der Waals surface area contributed by atoms with Gasteiger partial charge >= 0.3 is 0 Å². The zero-order valence-electron chi connectivity index (χ0n) is 18.7. The number of hydrogen-bond donors (Lipinski definition) is 0. The zero-order valence-corrected chi connectivity index (χ0v) is 18.7. The van der Waals surface area contributed by atoms with Gasteiger partial charge in [-0.25, -0.2) is 0 Å². The van der Waals surface area contributed by atoms with Crippen molar-refractivity contribution in [3.8, 4) is 5.75 Å². The average molecular weight is 422 g/mol. The first-order valence-electron chi connectivity index (χ1n) is 11.8. The molecular weight excluding hydrogens is 386 g/mol. The van der Waals surface area contributed by atoms with Crippen LogP contribution in [0, 0.1) is 18.8 Å². The lowest BCUT2D eigenvalue weighted by Crippen LogP contribution is -2.48. The van der Waals surface area contributed by atoms with Gasteiger partial charge in [0.25, 0.3) is 0 Å². The van der Waals surface area contributed by atoms with Gasteiger partial charge in [-0.2, -0.15) is 0 Å². The Morgan fingerprint density at radius 1 is 1.06 bits per heavy atom. The summed E-state index contributed by atoms with van der Waals surface area (Å²) in [5, 5.41) is 0. The van der Waals surface area contributed by atoms with Crippen molar-refractivity contribution >= 4 is 5.91 Å². The van der Waals surface area contributed by atoms with E-state index in [1.165, 1.54) is 5.56 Å². The van der Waals surface area contributed by atoms with Crippen LogP contribution in [0.25, 0.3) is 0 Å². The molecule has 2 fully saturated rings. The third-order valence-electron chi connectivity index (χ3n) is 6.66. The first kappa shape index (κ1) is 21.8. The first-order chi connectivity index (χ1) is 15.2. The number of piperidine rings is 2. The number of carbonyl (C=O) groups is 1. The zero-order chi connectivity index (χ0) is 21.5. The van der Waals surface area contributed by atoms with Crippen LogP contribution < -0.4 is 4.74 Å². The highest BCUT2D eigenvalue weighted by Crippen LogP contribution is 2.25. The average Bonchev–Trinajstić information content (AvgIpc) is 2.83. The summed E-state index contributed by atoms with van der Waals surface area (Å²) in [5.74, 6) is 1.86. The third-order valence-corrected chi connectivity index (χ3v) is 6.66. The number of pyridine rings is 1. The molecule has 2 aromatic rings. The Bertz CT molecular complexity index is 842. The van der Waals surface area contributed by atoms with Crippen molar-refractivity contribution in [1.29, 1.82) is 0 Å². The standard InChI is InChI=1S/C26H35N3O2/c1-21-8-2-3-12-25(21)31-20-22-9-6-16-29(18-22)26(30)23-10-7-15-28(19-23)17-13-24-11-4-5-14-27-24/h2-5,8,11-12,14,22-23H,6-7,9-10,13,15-20H2,1H3. The Balaban J connectivity index is 1.26. The molecule has 1 amide bonds. The SMILES string of the molecule is Cc1ccccc1OCC1CCCN(C(=O)C2CCCN(CCc3ccccn3)C2)C1. The quantitative estimate of drug-likeness (QED) is 0.679. The number of aromatic nitrogens is 1. The molecule has 5 nitrogen and oxygen atoms in total. The van der Waals surface area contributed by atoms with Crippen LogP contribution in [0.5, 0.6) is 5.75 Å². The highest BCUT2D eigenvalue weighted by Gasteiger charge is 2.32. The number of benzene rings is 1. The Labute approximate surface area is 186 Å². The van der Waals surface area contributed by atoms with Crippen molar-refractivity contribution in [1.82, 2.24) is 14.8 Å². The molecule has 0 aliphatic carbocycles. The summed E-state index contributed by atoms with van der Waals surface area (Å²) in [6.07, 6.45) is 7.13. The van der Waals surface area contributed by atoms with Crippen LogP contribution in [0.15, 0.2) is 48.7 Å². The van der Waals surface area contributed by atoms with Gasteiger partial charge in [-0.3, -0.25) is 9.78 Å². The van der Waals surface area contributed by atoms with Crippen LogP contribution >= 0.6 is 0 Å². The van der Waals surface area contributed by atoms with Crippen molar-refractivity contribution in [2.75, 3.05) is 39.3 Å². The molecule has 2 saturated heterocycles. The smallest absolute Gasteiger partial charge is 0.226 e. The summed E-state index contributed by atoms with van der Waals surface area (Å²) in [4.78, 5) is 22.3. The van der Waals surface area contributed by atoms with E-state index in [-0.39, 0.29) is 5.92 Å². The molecule has 0 N–H and O–H groups in total. The fourth-order valence-corrected chi connectivity index (χ4v) is 4.86. The summed E-state index contributed by atoms with van der Waals surface area (Å²) < 4.78 is 6.09. The number of para-hydroxylation sites is 1. The van der Waals surface area contributed by atoms with Crippen molar-refractivity contribution in [3.05, 3.63) is 59.9 Å². The Morgan fingerprint density at radius 2 is 1.90 bits per heavy atom. The van der Waals surface area contributed by atoms with Gasteiger partial charge in [-0.1, -0.05) is 24.3 Å². The van der Waals surface area contributed by atoms with E-state index in [1.807, 2.05) is 36.5 Å². The monoisotopic (exact) mass is 421 g/mol. The minimum absolute atomic E-state index is 0.133. The molecular formula is C26H35N3O2. The van der Waals surface area contributed by atoms with Crippen molar-refractivity contribution in [2.45, 2.75) is 39.0 Å². The summed E-state index contributed by atoms with van der Waals surface area (Å²) in [6.45, 7) is 7.44. The summed E-state index contributed by atoms with van der Waals surface area (Å²) in [7, 11) is 0. The minimum Gasteiger partial charge on any atom is -0.493 e. The molecule has 2 aliphatic heterocycles. The number of rotatable bonds is 7. The van der Waals surface area contributed by atoms with Gasteiger partial charge in [-0.05, 0) is 62.9 Å². The first-order valence-corrected chi connectivity index (χ1v) is 11.8. The van der Waals surface area contributed by atoms with E-state index in [4.69, 9.17) is 4.74 Å². The van der Waals surface area contributed by atoms with Gasteiger partial charge < -0.3 is 14.5 Å². The van der Waals surface area contributed by atoms with E-state index in [1.54, 1.807) is 0 Å². The number of hydrogen-bond acceptors (Lipinski definition) is 4. The van der Waals surface area contributed by atoms with Crippen LogP contribution in [0.2, 0.25) is 0 Å².